The minimum absolute atomic E-state index is 0.0737. The van der Waals surface area contributed by atoms with Crippen molar-refractivity contribution >= 4 is 44.8 Å². The monoisotopic (exact) mass is 607 g/mol. The van der Waals surface area contributed by atoms with E-state index in [9.17, 15) is 18.0 Å². The molecule has 1 aromatic heterocycles. The minimum atomic E-state index is -3.18. The third kappa shape index (κ3) is 4.92. The molecule has 43 heavy (non-hydrogen) atoms. The highest BCUT2D eigenvalue weighted by Gasteiger charge is 2.58. The van der Waals surface area contributed by atoms with Crippen LogP contribution in [-0.4, -0.2) is 80.7 Å². The number of nitrogens with two attached hydrogens (primary N) is 1. The van der Waals surface area contributed by atoms with Gasteiger partial charge in [-0.2, -0.15) is 4.31 Å². The first-order valence-electron chi connectivity index (χ1n) is 15.6. The van der Waals surface area contributed by atoms with Gasteiger partial charge in [-0.05, 0) is 81.0 Å². The van der Waals surface area contributed by atoms with Crippen LogP contribution in [0.2, 0.25) is 0 Å². The number of fused-ring (bicyclic) bond motifs is 1. The van der Waals surface area contributed by atoms with Crippen LogP contribution in [0.1, 0.15) is 39.0 Å². The van der Waals surface area contributed by atoms with E-state index in [0.717, 1.165) is 55.0 Å². The number of carbonyl (C=O) groups excluding carboxylic acids is 2. The number of rotatable bonds is 6. The number of hydrogen-bond donors (Lipinski definition) is 2. The SMILES string of the molecule is CCS(=O)(=O)N1CCN(c2ccc(N3CCN(C(=O)NC4[C@@H]5CC6C[C@H]4CC(C(N)=O)(C6)C5)c4ccccc43)cn2)CC1. The molecule has 0 radical (unpaired) electrons. The van der Waals surface area contributed by atoms with Gasteiger partial charge in [-0.3, -0.25) is 9.69 Å². The molecule has 3 N–H and O–H groups in total. The zero-order valence-corrected chi connectivity index (χ0v) is 25.5. The predicted octanol–water partition coefficient (Wildman–Crippen LogP) is 2.90. The maximum absolute atomic E-state index is 13.8. The molecule has 8 rings (SSSR count). The van der Waals surface area contributed by atoms with Crippen molar-refractivity contribution in [3.63, 3.8) is 0 Å². The number of primary amides is 1. The lowest BCUT2D eigenvalue weighted by atomic mass is 9.47. The first-order valence-corrected chi connectivity index (χ1v) is 17.2. The normalized spacial score (nSPS) is 30.3. The topological polar surface area (TPSA) is 132 Å². The maximum atomic E-state index is 13.8. The standard InChI is InChI=1S/C31H41N7O4S/c1-2-43(41,42)36-11-9-35(10-12-36)27-8-7-24(20-33-27)37-13-14-38(26-6-4-3-5-25(26)37)30(40)34-28-22-15-21-16-23(28)19-31(17-21,18-22)29(32)39/h3-8,20-23,28H,2,9-19H2,1H3,(H2,32,39)(H,34,40)/t21?,22-,23+,28?,31?. The molecule has 4 bridgehead atoms. The van der Waals surface area contributed by atoms with Crippen molar-refractivity contribution in [1.29, 1.82) is 0 Å². The van der Waals surface area contributed by atoms with Gasteiger partial charge in [0.05, 0.1) is 29.0 Å². The van der Waals surface area contributed by atoms with E-state index in [-0.39, 0.29) is 29.1 Å². The minimum Gasteiger partial charge on any atom is -0.369 e. The molecule has 3 amide bonds. The molecule has 5 fully saturated rings. The molecule has 1 aromatic carbocycles. The number of urea groups is 1. The van der Waals surface area contributed by atoms with Gasteiger partial charge < -0.3 is 20.9 Å². The molecule has 4 saturated carbocycles. The van der Waals surface area contributed by atoms with Crippen LogP contribution in [-0.2, 0) is 14.8 Å². The number of carbonyl (C=O) groups is 2. The summed E-state index contributed by atoms with van der Waals surface area (Å²) in [7, 11) is -3.18. The van der Waals surface area contributed by atoms with E-state index in [1.165, 1.54) is 0 Å². The number of nitrogens with zero attached hydrogens (tertiary/aromatic N) is 5. The number of anilines is 4. The summed E-state index contributed by atoms with van der Waals surface area (Å²) in [5, 5.41) is 3.40. The van der Waals surface area contributed by atoms with E-state index in [0.29, 0.717) is 57.0 Å². The Bertz CT molecular complexity index is 1490. The smallest absolute Gasteiger partial charge is 0.322 e. The fourth-order valence-electron chi connectivity index (χ4n) is 8.73. The molecule has 1 saturated heterocycles. The fraction of sp³-hybridized carbons (Fsp3) is 0.581. The maximum Gasteiger partial charge on any atom is 0.322 e. The molecule has 3 unspecified atom stereocenters. The average Bonchev–Trinajstić information content (AvgIpc) is 3.02. The second-order valence-corrected chi connectivity index (χ2v) is 15.3. The molecule has 6 aliphatic rings. The number of aromatic nitrogens is 1. The lowest BCUT2D eigenvalue weighted by molar-refractivity contribution is -0.145. The number of sulfonamides is 1. The molecule has 12 heteroatoms. The highest BCUT2D eigenvalue weighted by Crippen LogP contribution is 2.60. The average molecular weight is 608 g/mol. The van der Waals surface area contributed by atoms with Crippen molar-refractivity contribution in [3.05, 3.63) is 42.6 Å². The predicted molar refractivity (Wildman–Crippen MR) is 166 cm³/mol. The Hall–Kier alpha value is -3.38. The Morgan fingerprint density at radius 1 is 0.953 bits per heavy atom. The fourth-order valence-corrected chi connectivity index (χ4v) is 9.81. The third-order valence-electron chi connectivity index (χ3n) is 10.7. The largest absolute Gasteiger partial charge is 0.369 e. The third-order valence-corrected chi connectivity index (χ3v) is 12.6. The Balaban J connectivity index is 1.04. The Morgan fingerprint density at radius 2 is 1.65 bits per heavy atom. The Kier molecular flexibility index (Phi) is 7.04. The van der Waals surface area contributed by atoms with Crippen molar-refractivity contribution in [2.75, 3.05) is 59.7 Å². The van der Waals surface area contributed by atoms with Gasteiger partial charge in [0.25, 0.3) is 0 Å². The molecular weight excluding hydrogens is 566 g/mol. The van der Waals surface area contributed by atoms with E-state index >= 15 is 0 Å². The number of pyridine rings is 1. The molecule has 3 heterocycles. The van der Waals surface area contributed by atoms with Crippen LogP contribution >= 0.6 is 0 Å². The van der Waals surface area contributed by atoms with Crippen molar-refractivity contribution in [1.82, 2.24) is 14.6 Å². The van der Waals surface area contributed by atoms with Gasteiger partial charge in [0.2, 0.25) is 15.9 Å². The lowest BCUT2D eigenvalue weighted by Gasteiger charge is -2.59. The molecular formula is C31H41N7O4S. The van der Waals surface area contributed by atoms with Gasteiger partial charge in [-0.25, -0.2) is 18.2 Å². The lowest BCUT2D eigenvalue weighted by Crippen LogP contribution is -2.63. The van der Waals surface area contributed by atoms with Gasteiger partial charge in [0, 0.05) is 50.7 Å². The first kappa shape index (κ1) is 28.4. The van der Waals surface area contributed by atoms with Crippen LogP contribution in [0.25, 0.3) is 0 Å². The van der Waals surface area contributed by atoms with Gasteiger partial charge in [-0.1, -0.05) is 12.1 Å². The quantitative estimate of drug-likeness (QED) is 0.516. The summed E-state index contributed by atoms with van der Waals surface area (Å²) in [6, 6.07) is 12.0. The van der Waals surface area contributed by atoms with Gasteiger partial charge >= 0.3 is 6.03 Å². The molecule has 4 aliphatic carbocycles. The Morgan fingerprint density at radius 3 is 2.28 bits per heavy atom. The summed E-state index contributed by atoms with van der Waals surface area (Å²) in [5.74, 6) is 1.96. The number of nitrogens with one attached hydrogen (secondary N) is 1. The summed E-state index contributed by atoms with van der Waals surface area (Å²) < 4.78 is 26.0. The zero-order chi connectivity index (χ0) is 29.9. The van der Waals surface area contributed by atoms with E-state index in [1.54, 1.807) is 11.2 Å². The number of para-hydroxylation sites is 2. The Labute approximate surface area is 253 Å². The highest BCUT2D eigenvalue weighted by atomic mass is 32.2. The number of hydrogen-bond acceptors (Lipinski definition) is 7. The number of benzene rings is 1. The summed E-state index contributed by atoms with van der Waals surface area (Å²) in [4.78, 5) is 37.1. The van der Waals surface area contributed by atoms with Crippen LogP contribution in [0, 0.1) is 23.2 Å². The van der Waals surface area contributed by atoms with Crippen molar-refractivity contribution in [2.45, 2.75) is 45.1 Å². The van der Waals surface area contributed by atoms with Crippen LogP contribution in [0.15, 0.2) is 42.6 Å². The van der Waals surface area contributed by atoms with Gasteiger partial charge in [0.1, 0.15) is 5.82 Å². The number of piperazine rings is 1. The molecule has 11 nitrogen and oxygen atoms in total. The van der Waals surface area contributed by atoms with Crippen LogP contribution in [0.3, 0.4) is 0 Å². The van der Waals surface area contributed by atoms with Gasteiger partial charge in [0.15, 0.2) is 0 Å². The van der Waals surface area contributed by atoms with E-state index in [4.69, 9.17) is 10.7 Å². The summed E-state index contributed by atoms with van der Waals surface area (Å²) in [6.07, 6.45) is 6.50. The summed E-state index contributed by atoms with van der Waals surface area (Å²) in [5.41, 5.74) is 8.26. The summed E-state index contributed by atoms with van der Waals surface area (Å²) in [6.45, 7) is 4.98. The molecule has 2 aromatic rings. The van der Waals surface area contributed by atoms with Crippen molar-refractivity contribution in [2.24, 2.45) is 28.9 Å². The van der Waals surface area contributed by atoms with Crippen LogP contribution in [0.4, 0.5) is 27.7 Å². The molecule has 5 atom stereocenters. The van der Waals surface area contributed by atoms with Crippen molar-refractivity contribution < 1.29 is 18.0 Å². The van der Waals surface area contributed by atoms with Crippen LogP contribution < -0.4 is 25.8 Å². The molecule has 0 spiro atoms. The first-order chi connectivity index (χ1) is 20.7. The van der Waals surface area contributed by atoms with Crippen LogP contribution in [0.5, 0.6) is 0 Å². The van der Waals surface area contributed by atoms with Crippen molar-refractivity contribution in [3.8, 4) is 0 Å². The molecule has 230 valence electrons. The van der Waals surface area contributed by atoms with E-state index in [2.05, 4.69) is 15.1 Å². The summed E-state index contributed by atoms with van der Waals surface area (Å²) >= 11 is 0. The van der Waals surface area contributed by atoms with E-state index < -0.39 is 10.0 Å². The van der Waals surface area contributed by atoms with E-state index in [1.807, 2.05) is 47.5 Å². The second-order valence-electron chi connectivity index (χ2n) is 13.0. The molecule has 2 aliphatic heterocycles. The van der Waals surface area contributed by atoms with Gasteiger partial charge in [-0.15, -0.1) is 0 Å². The zero-order valence-electron chi connectivity index (χ0n) is 24.7. The second kappa shape index (κ2) is 10.7. The number of amides is 3. The highest BCUT2D eigenvalue weighted by molar-refractivity contribution is 7.89.